The summed E-state index contributed by atoms with van der Waals surface area (Å²) >= 11 is 0. The Kier molecular flexibility index (Phi) is 3.90. The number of rotatable bonds is 5. The zero-order chi connectivity index (χ0) is 13.9. The van der Waals surface area contributed by atoms with Crippen LogP contribution in [0.25, 0.3) is 11.0 Å². The number of Topliss-reactive ketones (excluding diaryl/α,β-unsaturated/α-hetero) is 1. The molecule has 3 nitrogen and oxygen atoms in total. The lowest BCUT2D eigenvalue weighted by atomic mass is 10.1. The third kappa shape index (κ3) is 3.57. The molecule has 0 aliphatic rings. The summed E-state index contributed by atoms with van der Waals surface area (Å²) in [6.07, 6.45) is -4.04. The highest BCUT2D eigenvalue weighted by Crippen LogP contribution is 2.22. The summed E-state index contributed by atoms with van der Waals surface area (Å²) in [6, 6.07) is 6.93. The van der Waals surface area contributed by atoms with E-state index in [1.54, 1.807) is 24.3 Å². The van der Waals surface area contributed by atoms with Crippen molar-refractivity contribution in [2.45, 2.75) is 12.6 Å². The Hall–Kier alpha value is -1.82. The van der Waals surface area contributed by atoms with Crippen LogP contribution in [-0.4, -0.2) is 25.2 Å². The summed E-state index contributed by atoms with van der Waals surface area (Å²) in [4.78, 5) is 11.8. The van der Waals surface area contributed by atoms with Crippen LogP contribution in [0, 0.1) is 0 Å². The molecule has 1 aromatic heterocycles. The van der Waals surface area contributed by atoms with E-state index in [0.717, 1.165) is 0 Å². The molecular formula is C13H11F3O3. The maximum absolute atomic E-state index is 11.9. The molecular weight excluding hydrogens is 261 g/mol. The number of para-hydroxylation sites is 1. The molecule has 0 fully saturated rings. The molecule has 0 bridgehead atoms. The van der Waals surface area contributed by atoms with Gasteiger partial charge in [0.05, 0.1) is 18.6 Å². The van der Waals surface area contributed by atoms with Crippen LogP contribution in [0.2, 0.25) is 0 Å². The maximum Gasteiger partial charge on any atom is 0.391 e. The van der Waals surface area contributed by atoms with E-state index in [2.05, 4.69) is 0 Å². The van der Waals surface area contributed by atoms with Gasteiger partial charge in [-0.3, -0.25) is 4.79 Å². The summed E-state index contributed by atoms with van der Waals surface area (Å²) in [5, 5.41) is 0.631. The molecule has 0 saturated carbocycles. The van der Waals surface area contributed by atoms with E-state index < -0.39 is 25.0 Å². The highest BCUT2D eigenvalue weighted by molar-refractivity contribution is 6.07. The number of fused-ring (bicyclic) bond motifs is 1. The molecule has 0 aliphatic carbocycles. The Balaban J connectivity index is 1.93. The fourth-order valence-corrected chi connectivity index (χ4v) is 1.62. The van der Waals surface area contributed by atoms with Gasteiger partial charge in [-0.05, 0) is 6.07 Å². The molecule has 0 spiro atoms. The Morgan fingerprint density at radius 3 is 2.74 bits per heavy atom. The minimum Gasteiger partial charge on any atom is -0.464 e. The number of ether oxygens (including phenoxy) is 1. The average Bonchev–Trinajstić information content (AvgIpc) is 2.77. The quantitative estimate of drug-likeness (QED) is 0.617. The van der Waals surface area contributed by atoms with Crippen molar-refractivity contribution in [2.24, 2.45) is 0 Å². The number of carbonyl (C=O) groups is 1. The van der Waals surface area contributed by atoms with Gasteiger partial charge < -0.3 is 9.15 Å². The zero-order valence-corrected chi connectivity index (χ0v) is 9.87. The predicted octanol–water partition coefficient (Wildman–Crippen LogP) is 3.58. The number of furan rings is 1. The van der Waals surface area contributed by atoms with Gasteiger partial charge in [0.2, 0.25) is 0 Å². The second-order valence-corrected chi connectivity index (χ2v) is 3.99. The third-order valence-electron chi connectivity index (χ3n) is 2.54. The van der Waals surface area contributed by atoms with Gasteiger partial charge in [-0.2, -0.15) is 13.2 Å². The average molecular weight is 272 g/mol. The first-order chi connectivity index (χ1) is 8.97. The van der Waals surface area contributed by atoms with E-state index in [4.69, 9.17) is 9.15 Å². The van der Waals surface area contributed by atoms with E-state index in [0.29, 0.717) is 16.5 Å². The number of benzene rings is 1. The van der Waals surface area contributed by atoms with Crippen molar-refractivity contribution in [3.05, 3.63) is 36.1 Å². The van der Waals surface area contributed by atoms with Crippen molar-refractivity contribution in [2.75, 3.05) is 13.2 Å². The van der Waals surface area contributed by atoms with Gasteiger partial charge in [-0.1, -0.05) is 18.2 Å². The molecule has 0 N–H and O–H groups in total. The molecule has 1 aromatic carbocycles. The molecule has 0 radical (unpaired) electrons. The molecule has 0 unspecified atom stereocenters. The van der Waals surface area contributed by atoms with Gasteiger partial charge in [-0.25, -0.2) is 0 Å². The number of carbonyl (C=O) groups excluding carboxylic acids is 1. The normalized spacial score (nSPS) is 11.9. The van der Waals surface area contributed by atoms with E-state index in [1.807, 2.05) is 0 Å². The lowest BCUT2D eigenvalue weighted by molar-refractivity contribution is -0.144. The van der Waals surface area contributed by atoms with Crippen molar-refractivity contribution in [1.29, 1.82) is 0 Å². The zero-order valence-electron chi connectivity index (χ0n) is 9.87. The maximum atomic E-state index is 11.9. The molecule has 0 saturated heterocycles. The highest BCUT2D eigenvalue weighted by Gasteiger charge is 2.26. The number of ketones is 1. The summed E-state index contributed by atoms with van der Waals surface area (Å²) in [6.45, 7) is -0.912. The second kappa shape index (κ2) is 5.44. The highest BCUT2D eigenvalue weighted by atomic mass is 19.4. The molecule has 2 rings (SSSR count). The van der Waals surface area contributed by atoms with E-state index in [-0.39, 0.29) is 6.61 Å². The molecule has 1 heterocycles. The third-order valence-corrected chi connectivity index (χ3v) is 2.54. The minimum atomic E-state index is -4.27. The van der Waals surface area contributed by atoms with Crippen LogP contribution in [0.3, 0.4) is 0 Å². The summed E-state index contributed by atoms with van der Waals surface area (Å²) in [7, 11) is 0. The smallest absolute Gasteiger partial charge is 0.391 e. The summed E-state index contributed by atoms with van der Waals surface area (Å²) < 4.78 is 45.6. The Morgan fingerprint density at radius 2 is 2.00 bits per heavy atom. The lowest BCUT2D eigenvalue weighted by Gasteiger charge is -2.06. The largest absolute Gasteiger partial charge is 0.464 e. The van der Waals surface area contributed by atoms with E-state index in [9.17, 15) is 18.0 Å². The van der Waals surface area contributed by atoms with Crippen LogP contribution < -0.4 is 0 Å². The van der Waals surface area contributed by atoms with Gasteiger partial charge in [0.15, 0.2) is 5.78 Å². The monoisotopic (exact) mass is 272 g/mol. The van der Waals surface area contributed by atoms with Crippen molar-refractivity contribution in [3.8, 4) is 0 Å². The van der Waals surface area contributed by atoms with Crippen molar-refractivity contribution in [1.82, 2.24) is 0 Å². The summed E-state index contributed by atoms with van der Waals surface area (Å²) in [5.41, 5.74) is 0.878. The van der Waals surface area contributed by atoms with E-state index in [1.165, 1.54) is 6.26 Å². The molecule has 6 heteroatoms. The first-order valence-electron chi connectivity index (χ1n) is 5.61. The number of hydrogen-bond acceptors (Lipinski definition) is 3. The SMILES string of the molecule is O=C(COCCC(F)(F)F)c1coc2ccccc12. The number of alkyl halides is 3. The van der Waals surface area contributed by atoms with Crippen LogP contribution in [0.4, 0.5) is 13.2 Å². The van der Waals surface area contributed by atoms with Crippen LogP contribution in [0.5, 0.6) is 0 Å². The van der Waals surface area contributed by atoms with Gasteiger partial charge in [0.25, 0.3) is 0 Å². The van der Waals surface area contributed by atoms with Crippen LogP contribution >= 0.6 is 0 Å². The number of hydrogen-bond donors (Lipinski definition) is 0. The Bertz CT molecular complexity index is 572. The van der Waals surface area contributed by atoms with Crippen LogP contribution in [-0.2, 0) is 4.74 Å². The minimum absolute atomic E-state index is 0.322. The Labute approximate surface area is 107 Å². The first-order valence-corrected chi connectivity index (χ1v) is 5.61. The lowest BCUT2D eigenvalue weighted by Crippen LogP contribution is -2.15. The number of halogens is 3. The van der Waals surface area contributed by atoms with Gasteiger partial charge in [0.1, 0.15) is 18.5 Å². The topological polar surface area (TPSA) is 39.4 Å². The molecule has 0 aliphatic heterocycles. The van der Waals surface area contributed by atoms with Crippen LogP contribution in [0.15, 0.2) is 34.9 Å². The predicted molar refractivity (Wildman–Crippen MR) is 62.0 cm³/mol. The molecule has 2 aromatic rings. The van der Waals surface area contributed by atoms with Crippen molar-refractivity contribution in [3.63, 3.8) is 0 Å². The van der Waals surface area contributed by atoms with E-state index >= 15 is 0 Å². The molecule has 0 atom stereocenters. The van der Waals surface area contributed by atoms with Gasteiger partial charge in [-0.15, -0.1) is 0 Å². The molecule has 19 heavy (non-hydrogen) atoms. The standard InChI is InChI=1S/C13H11F3O3/c14-13(15,16)5-6-18-8-11(17)10-7-19-12-4-2-1-3-9(10)12/h1-4,7H,5-6,8H2. The Morgan fingerprint density at radius 1 is 1.26 bits per heavy atom. The van der Waals surface area contributed by atoms with Crippen molar-refractivity contribution >= 4 is 16.8 Å². The second-order valence-electron chi connectivity index (χ2n) is 3.99. The van der Waals surface area contributed by atoms with Gasteiger partial charge >= 0.3 is 6.18 Å². The molecule has 102 valence electrons. The van der Waals surface area contributed by atoms with Crippen molar-refractivity contribution < 1.29 is 27.1 Å². The fraction of sp³-hybridized carbons (Fsp3) is 0.308. The molecule has 0 amide bonds. The first kappa shape index (κ1) is 13.6. The van der Waals surface area contributed by atoms with Crippen LogP contribution in [0.1, 0.15) is 16.8 Å². The summed E-state index contributed by atoms with van der Waals surface area (Å²) in [5.74, 6) is -0.396. The fourth-order valence-electron chi connectivity index (χ4n) is 1.62. The van der Waals surface area contributed by atoms with Gasteiger partial charge in [0, 0.05) is 5.39 Å².